The first-order valence-corrected chi connectivity index (χ1v) is 9.64. The van der Waals surface area contributed by atoms with Gasteiger partial charge in [0.05, 0.1) is 0 Å². The minimum absolute atomic E-state index is 0.0982. The zero-order chi connectivity index (χ0) is 19.0. The lowest BCUT2D eigenvalue weighted by Crippen LogP contribution is -2.54. The summed E-state index contributed by atoms with van der Waals surface area (Å²) in [5, 5.41) is 5.88. The first-order valence-electron chi connectivity index (χ1n) is 9.64. The van der Waals surface area contributed by atoms with Gasteiger partial charge in [-0.1, -0.05) is 36.8 Å². The van der Waals surface area contributed by atoms with E-state index in [1.54, 1.807) is 0 Å². The van der Waals surface area contributed by atoms with Crippen molar-refractivity contribution in [1.82, 2.24) is 10.6 Å². The summed E-state index contributed by atoms with van der Waals surface area (Å²) in [6.45, 7) is 5.53. The van der Waals surface area contributed by atoms with Gasteiger partial charge in [0.25, 0.3) is 0 Å². The molecule has 5 nitrogen and oxygen atoms in total. The second-order valence-electron chi connectivity index (χ2n) is 8.13. The van der Waals surface area contributed by atoms with Crippen molar-refractivity contribution < 1.29 is 14.3 Å². The number of hydrogen-bond acceptors (Lipinski definition) is 3. The van der Waals surface area contributed by atoms with E-state index in [0.29, 0.717) is 6.42 Å². The van der Waals surface area contributed by atoms with Crippen LogP contribution < -0.4 is 10.6 Å². The third-order valence-corrected chi connectivity index (χ3v) is 4.44. The minimum atomic E-state index is -0.484. The van der Waals surface area contributed by atoms with Gasteiger partial charge in [0.1, 0.15) is 5.60 Å². The third-order valence-electron chi connectivity index (χ3n) is 4.44. The van der Waals surface area contributed by atoms with Gasteiger partial charge in [-0.05, 0) is 58.4 Å². The van der Waals surface area contributed by atoms with Crippen LogP contribution in [-0.4, -0.2) is 29.7 Å². The number of nitrogens with one attached hydrogen (secondary N) is 2. The molecule has 0 atom stereocenters. The molecular formula is C21H32N2O3. The van der Waals surface area contributed by atoms with E-state index in [0.717, 1.165) is 38.5 Å². The zero-order valence-corrected chi connectivity index (χ0v) is 16.2. The summed E-state index contributed by atoms with van der Waals surface area (Å²) < 4.78 is 5.23. The lowest BCUT2D eigenvalue weighted by atomic mass is 9.86. The molecule has 0 radical (unpaired) electrons. The number of aryl methyl sites for hydroxylation is 1. The summed E-state index contributed by atoms with van der Waals surface area (Å²) in [6, 6.07) is 10.7. The predicted molar refractivity (Wildman–Crippen MR) is 103 cm³/mol. The molecule has 0 saturated heterocycles. The van der Waals surface area contributed by atoms with Crippen LogP contribution in [0.5, 0.6) is 0 Å². The fraction of sp³-hybridized carbons (Fsp3) is 0.619. The largest absolute Gasteiger partial charge is 0.444 e. The number of unbranched alkanes of at least 4 members (excludes halogenated alkanes) is 2. The normalized spacial score (nSPS) is 19.3. The van der Waals surface area contributed by atoms with Crippen LogP contribution in [0.3, 0.4) is 0 Å². The number of hydrogen-bond donors (Lipinski definition) is 2. The van der Waals surface area contributed by atoms with Crippen molar-refractivity contribution in [2.24, 2.45) is 0 Å². The van der Waals surface area contributed by atoms with Crippen LogP contribution in [0.1, 0.15) is 64.9 Å². The van der Waals surface area contributed by atoms with Crippen molar-refractivity contribution in [3.63, 3.8) is 0 Å². The maximum absolute atomic E-state index is 12.0. The van der Waals surface area contributed by atoms with Crippen molar-refractivity contribution in [1.29, 1.82) is 0 Å². The van der Waals surface area contributed by atoms with Gasteiger partial charge in [-0.3, -0.25) is 4.79 Å². The first-order chi connectivity index (χ1) is 12.3. The Bertz CT molecular complexity index is 575. The van der Waals surface area contributed by atoms with Gasteiger partial charge in [0.15, 0.2) is 0 Å². The van der Waals surface area contributed by atoms with Crippen LogP contribution in [0.2, 0.25) is 0 Å². The molecule has 1 aromatic carbocycles. The van der Waals surface area contributed by atoms with Crippen LogP contribution in [-0.2, 0) is 16.0 Å². The highest BCUT2D eigenvalue weighted by atomic mass is 16.6. The number of carbonyl (C=O) groups excluding carboxylic acids is 2. The Morgan fingerprint density at radius 1 is 1.00 bits per heavy atom. The van der Waals surface area contributed by atoms with E-state index in [-0.39, 0.29) is 24.1 Å². The lowest BCUT2D eigenvalue weighted by Gasteiger charge is -2.36. The number of alkyl carbamates (subject to hydrolysis) is 1. The zero-order valence-electron chi connectivity index (χ0n) is 16.2. The molecule has 0 spiro atoms. The Morgan fingerprint density at radius 2 is 1.65 bits per heavy atom. The second kappa shape index (κ2) is 9.60. The van der Waals surface area contributed by atoms with Crippen LogP contribution >= 0.6 is 0 Å². The predicted octanol–water partition coefficient (Wildman–Crippen LogP) is 3.96. The smallest absolute Gasteiger partial charge is 0.407 e. The summed E-state index contributed by atoms with van der Waals surface area (Å²) in [5.74, 6) is 0.116. The summed E-state index contributed by atoms with van der Waals surface area (Å²) in [4.78, 5) is 23.6. The van der Waals surface area contributed by atoms with Gasteiger partial charge in [-0.25, -0.2) is 4.79 Å². The monoisotopic (exact) mass is 360 g/mol. The van der Waals surface area contributed by atoms with Crippen molar-refractivity contribution in [3.8, 4) is 0 Å². The molecule has 1 aromatic rings. The molecule has 26 heavy (non-hydrogen) atoms. The molecule has 0 bridgehead atoms. The number of carbonyl (C=O) groups is 2. The summed E-state index contributed by atoms with van der Waals surface area (Å²) >= 11 is 0. The van der Waals surface area contributed by atoms with Gasteiger partial charge >= 0.3 is 6.09 Å². The Labute approximate surface area is 156 Å². The van der Waals surface area contributed by atoms with Crippen molar-refractivity contribution >= 4 is 12.0 Å². The molecule has 2 amide bonds. The second-order valence-corrected chi connectivity index (χ2v) is 8.13. The van der Waals surface area contributed by atoms with E-state index < -0.39 is 5.60 Å². The van der Waals surface area contributed by atoms with Crippen molar-refractivity contribution in [2.45, 2.75) is 83.4 Å². The molecule has 144 valence electrons. The van der Waals surface area contributed by atoms with Gasteiger partial charge in [0, 0.05) is 18.5 Å². The van der Waals surface area contributed by atoms with Gasteiger partial charge in [-0.15, -0.1) is 0 Å². The third kappa shape index (κ3) is 7.89. The molecule has 1 fully saturated rings. The summed E-state index contributed by atoms with van der Waals surface area (Å²) in [7, 11) is 0. The Balaban J connectivity index is 1.49. The molecule has 0 aliphatic heterocycles. The van der Waals surface area contributed by atoms with Crippen LogP contribution in [0.4, 0.5) is 4.79 Å². The van der Waals surface area contributed by atoms with E-state index >= 15 is 0 Å². The maximum Gasteiger partial charge on any atom is 0.407 e. The number of rotatable bonds is 8. The van der Waals surface area contributed by atoms with Crippen molar-refractivity contribution in [3.05, 3.63) is 35.9 Å². The quantitative estimate of drug-likeness (QED) is 0.690. The van der Waals surface area contributed by atoms with Crippen molar-refractivity contribution in [2.75, 3.05) is 0 Å². The number of benzene rings is 1. The topological polar surface area (TPSA) is 67.4 Å². The van der Waals surface area contributed by atoms with Crippen LogP contribution in [0.25, 0.3) is 0 Å². The van der Waals surface area contributed by atoms with E-state index in [1.807, 2.05) is 26.8 Å². The van der Waals surface area contributed by atoms with Crippen LogP contribution in [0.15, 0.2) is 30.3 Å². The fourth-order valence-electron chi connectivity index (χ4n) is 3.06. The molecule has 2 rings (SSSR count). The molecule has 1 aliphatic rings. The molecule has 1 saturated carbocycles. The molecule has 0 unspecified atom stereocenters. The molecule has 1 aliphatic carbocycles. The Kier molecular flexibility index (Phi) is 7.49. The standard InChI is InChI=1S/C21H32N2O3/c1-21(2,3)26-20(25)23-18-14-17(15-18)22-19(24)13-9-5-8-12-16-10-6-4-7-11-16/h4,6-7,10-11,17-18H,5,8-9,12-15H2,1-3H3,(H,22,24)(H,23,25)/t17-,18+. The van der Waals surface area contributed by atoms with E-state index in [1.165, 1.54) is 5.56 Å². The maximum atomic E-state index is 12.0. The summed E-state index contributed by atoms with van der Waals surface area (Å²) in [5.41, 5.74) is 0.872. The fourth-order valence-corrected chi connectivity index (χ4v) is 3.06. The highest BCUT2D eigenvalue weighted by molar-refractivity contribution is 5.76. The van der Waals surface area contributed by atoms with E-state index in [2.05, 4.69) is 34.9 Å². The molecule has 0 heterocycles. The number of ether oxygens (including phenoxy) is 1. The molecular weight excluding hydrogens is 328 g/mol. The summed E-state index contributed by atoms with van der Waals surface area (Å²) in [6.07, 6.45) is 5.92. The average Bonchev–Trinajstić information content (AvgIpc) is 2.51. The SMILES string of the molecule is CC(C)(C)OC(=O)N[C@H]1C[C@@H](NC(=O)CCCCCc2ccccc2)C1. The van der Waals surface area contributed by atoms with Crippen LogP contribution in [0, 0.1) is 0 Å². The highest BCUT2D eigenvalue weighted by Gasteiger charge is 2.32. The first kappa shape index (κ1) is 20.3. The van der Waals surface area contributed by atoms with Gasteiger partial charge < -0.3 is 15.4 Å². The Morgan fingerprint density at radius 3 is 2.31 bits per heavy atom. The number of amides is 2. The Hall–Kier alpha value is -2.04. The van der Waals surface area contributed by atoms with Gasteiger partial charge in [0.2, 0.25) is 5.91 Å². The highest BCUT2D eigenvalue weighted by Crippen LogP contribution is 2.21. The molecule has 2 N–H and O–H groups in total. The molecule has 5 heteroatoms. The average molecular weight is 360 g/mol. The van der Waals surface area contributed by atoms with Gasteiger partial charge in [-0.2, -0.15) is 0 Å². The lowest BCUT2D eigenvalue weighted by molar-refractivity contribution is -0.122. The van der Waals surface area contributed by atoms with E-state index in [9.17, 15) is 9.59 Å². The van der Waals surface area contributed by atoms with E-state index in [4.69, 9.17) is 4.74 Å². The molecule has 0 aromatic heterocycles. The minimum Gasteiger partial charge on any atom is -0.444 e.